The number of benzene rings is 1. The van der Waals surface area contributed by atoms with Gasteiger partial charge in [0.25, 0.3) is 0 Å². The average molecular weight is 301 g/mol. The number of hydrazone groups is 1. The molecule has 1 rings (SSSR count). The van der Waals surface area contributed by atoms with Crippen LogP contribution in [0.2, 0.25) is 0 Å². The Morgan fingerprint density at radius 3 is 2.27 bits per heavy atom. The molecule has 0 saturated heterocycles. The molecule has 1 N–H and O–H groups in total. The van der Waals surface area contributed by atoms with E-state index in [2.05, 4.69) is 26.5 Å². The van der Waals surface area contributed by atoms with Crippen LogP contribution >= 0.6 is 27.5 Å². The van der Waals surface area contributed by atoms with Gasteiger partial charge in [0.1, 0.15) is 0 Å². The molecule has 0 aromatic heterocycles. The molecular weight excluding hydrogens is 296 g/mol. The minimum atomic E-state index is -4.62. The lowest BCUT2D eigenvalue weighted by molar-refractivity contribution is -0.0559. The molecule has 2 nitrogen and oxygen atoms in total. The van der Waals surface area contributed by atoms with Crippen LogP contribution in [0.5, 0.6) is 0 Å². The number of nitrogens with one attached hydrogen (secondary N) is 1. The lowest BCUT2D eigenvalue weighted by Gasteiger charge is -2.04. The van der Waals surface area contributed by atoms with Gasteiger partial charge in [-0.1, -0.05) is 27.5 Å². The van der Waals surface area contributed by atoms with Crippen molar-refractivity contribution in [1.82, 2.24) is 0 Å². The fourth-order valence-electron chi connectivity index (χ4n) is 0.701. The molecule has 0 amide bonds. The van der Waals surface area contributed by atoms with Crippen LogP contribution < -0.4 is 5.43 Å². The van der Waals surface area contributed by atoms with Gasteiger partial charge in [-0.25, -0.2) is 0 Å². The third-order valence-electron chi connectivity index (χ3n) is 1.36. The number of anilines is 1. The second-order valence-corrected chi connectivity index (χ2v) is 3.79. The fourth-order valence-corrected chi connectivity index (χ4v) is 1.01. The molecule has 0 atom stereocenters. The van der Waals surface area contributed by atoms with E-state index in [9.17, 15) is 13.2 Å². The first-order valence-corrected chi connectivity index (χ1v) is 4.88. The molecule has 0 unspecified atom stereocenters. The van der Waals surface area contributed by atoms with Gasteiger partial charge in [-0.05, 0) is 24.3 Å². The predicted molar refractivity (Wildman–Crippen MR) is 57.1 cm³/mol. The lowest BCUT2D eigenvalue weighted by Crippen LogP contribution is -2.18. The van der Waals surface area contributed by atoms with Gasteiger partial charge >= 0.3 is 6.18 Å². The molecular formula is C8H5BrClF3N2. The van der Waals surface area contributed by atoms with E-state index in [1.807, 2.05) is 0 Å². The zero-order chi connectivity index (χ0) is 11.5. The Morgan fingerprint density at radius 2 is 1.80 bits per heavy atom. The second-order valence-electron chi connectivity index (χ2n) is 2.52. The number of rotatable bonds is 2. The zero-order valence-corrected chi connectivity index (χ0v) is 9.49. The smallest absolute Gasteiger partial charge is 0.277 e. The van der Waals surface area contributed by atoms with Gasteiger partial charge in [-0.2, -0.15) is 18.3 Å². The molecule has 1 aromatic rings. The monoisotopic (exact) mass is 300 g/mol. The van der Waals surface area contributed by atoms with Crippen LogP contribution in [0.1, 0.15) is 0 Å². The second kappa shape index (κ2) is 4.85. The van der Waals surface area contributed by atoms with E-state index >= 15 is 0 Å². The van der Waals surface area contributed by atoms with E-state index in [1.165, 1.54) is 0 Å². The van der Waals surface area contributed by atoms with Gasteiger partial charge in [0.05, 0.1) is 5.69 Å². The minimum absolute atomic E-state index is 0.417. The van der Waals surface area contributed by atoms with Crippen LogP contribution in [0.15, 0.2) is 33.8 Å². The number of alkyl halides is 3. The lowest BCUT2D eigenvalue weighted by atomic mass is 10.3. The summed E-state index contributed by atoms with van der Waals surface area (Å²) in [5, 5.41) is 1.55. The van der Waals surface area contributed by atoms with Crippen LogP contribution in [0, 0.1) is 0 Å². The third-order valence-corrected chi connectivity index (χ3v) is 2.19. The first-order valence-electron chi connectivity index (χ1n) is 3.71. The maximum absolute atomic E-state index is 11.9. The Hall–Kier alpha value is -0.750. The Morgan fingerprint density at radius 1 is 1.27 bits per heavy atom. The molecule has 0 aliphatic heterocycles. The van der Waals surface area contributed by atoms with Crippen molar-refractivity contribution in [3.63, 3.8) is 0 Å². The summed E-state index contributed by atoms with van der Waals surface area (Å²) in [5.41, 5.74) is 2.61. The van der Waals surface area contributed by atoms with Crippen molar-refractivity contribution in [3.8, 4) is 0 Å². The van der Waals surface area contributed by atoms with Gasteiger partial charge in [0, 0.05) is 4.47 Å². The van der Waals surface area contributed by atoms with Gasteiger partial charge < -0.3 is 0 Å². The molecule has 0 radical (unpaired) electrons. The topological polar surface area (TPSA) is 24.4 Å². The molecule has 0 bridgehead atoms. The van der Waals surface area contributed by atoms with E-state index < -0.39 is 11.3 Å². The molecule has 82 valence electrons. The largest absolute Gasteiger partial charge is 0.446 e. The van der Waals surface area contributed by atoms with Crippen LogP contribution in [0.4, 0.5) is 18.9 Å². The molecule has 0 aliphatic rings. The zero-order valence-electron chi connectivity index (χ0n) is 7.15. The highest BCUT2D eigenvalue weighted by Crippen LogP contribution is 2.20. The fraction of sp³-hybridized carbons (Fsp3) is 0.125. The molecule has 7 heteroatoms. The Balaban J connectivity index is 2.68. The highest BCUT2D eigenvalue weighted by molar-refractivity contribution is 9.10. The van der Waals surface area contributed by atoms with Gasteiger partial charge in [-0.3, -0.25) is 5.43 Å². The summed E-state index contributed by atoms with van der Waals surface area (Å²) >= 11 is 8.08. The van der Waals surface area contributed by atoms with E-state index in [-0.39, 0.29) is 0 Å². The maximum Gasteiger partial charge on any atom is 0.446 e. The number of hydrogen-bond acceptors (Lipinski definition) is 2. The Bertz CT molecular complexity index is 361. The summed E-state index contributed by atoms with van der Waals surface area (Å²) in [4.78, 5) is 0. The molecule has 0 spiro atoms. The quantitative estimate of drug-likeness (QED) is 0.648. The first-order chi connectivity index (χ1) is 6.89. The van der Waals surface area contributed by atoms with Gasteiger partial charge in [0.15, 0.2) is 0 Å². The Kier molecular flexibility index (Phi) is 3.98. The third kappa shape index (κ3) is 4.09. The summed E-state index contributed by atoms with van der Waals surface area (Å²) in [5.74, 6) is 0. The van der Waals surface area contributed by atoms with Crippen molar-refractivity contribution in [3.05, 3.63) is 28.7 Å². The molecule has 0 saturated carbocycles. The van der Waals surface area contributed by atoms with Crippen LogP contribution in [0.25, 0.3) is 0 Å². The normalized spacial score (nSPS) is 12.7. The maximum atomic E-state index is 11.9. The van der Waals surface area contributed by atoms with Crippen molar-refractivity contribution in [2.45, 2.75) is 6.18 Å². The first kappa shape index (κ1) is 12.3. The van der Waals surface area contributed by atoms with E-state index in [0.717, 1.165) is 4.47 Å². The summed E-state index contributed by atoms with van der Waals surface area (Å²) in [6, 6.07) is 6.46. The van der Waals surface area contributed by atoms with Crippen LogP contribution in [-0.4, -0.2) is 11.3 Å². The summed E-state index contributed by atoms with van der Waals surface area (Å²) in [6.45, 7) is 0. The number of nitrogens with zero attached hydrogens (tertiary/aromatic N) is 1. The van der Waals surface area contributed by atoms with Crippen molar-refractivity contribution < 1.29 is 13.2 Å². The molecule has 0 fully saturated rings. The molecule has 0 aliphatic carbocycles. The van der Waals surface area contributed by atoms with E-state index in [0.29, 0.717) is 5.69 Å². The predicted octanol–water partition coefficient (Wildman–Crippen LogP) is 3.98. The van der Waals surface area contributed by atoms with E-state index in [1.54, 1.807) is 24.3 Å². The van der Waals surface area contributed by atoms with Crippen molar-refractivity contribution in [1.29, 1.82) is 0 Å². The summed E-state index contributed by atoms with van der Waals surface area (Å²) < 4.78 is 36.5. The van der Waals surface area contributed by atoms with Gasteiger partial charge in [-0.15, -0.1) is 0 Å². The number of hydrogen-bond donors (Lipinski definition) is 1. The molecule has 1 aromatic carbocycles. The molecule has 15 heavy (non-hydrogen) atoms. The molecule has 0 heterocycles. The summed E-state index contributed by atoms with van der Waals surface area (Å²) in [6.07, 6.45) is -4.62. The average Bonchev–Trinajstić information content (AvgIpc) is 2.15. The van der Waals surface area contributed by atoms with Crippen LogP contribution in [-0.2, 0) is 0 Å². The van der Waals surface area contributed by atoms with Crippen molar-refractivity contribution >= 4 is 38.4 Å². The number of halogens is 5. The minimum Gasteiger partial charge on any atom is -0.277 e. The van der Waals surface area contributed by atoms with Crippen molar-refractivity contribution in [2.24, 2.45) is 5.10 Å². The van der Waals surface area contributed by atoms with Crippen molar-refractivity contribution in [2.75, 3.05) is 5.43 Å². The highest BCUT2D eigenvalue weighted by Gasteiger charge is 2.34. The van der Waals surface area contributed by atoms with Gasteiger partial charge in [0.2, 0.25) is 5.17 Å². The highest BCUT2D eigenvalue weighted by atomic mass is 79.9. The SMILES string of the molecule is FC(F)(F)C(Cl)=NNc1ccc(Br)cc1. The summed E-state index contributed by atoms with van der Waals surface area (Å²) in [7, 11) is 0. The Labute approximate surface area is 97.2 Å². The van der Waals surface area contributed by atoms with Crippen LogP contribution in [0.3, 0.4) is 0 Å². The van der Waals surface area contributed by atoms with E-state index in [4.69, 9.17) is 11.6 Å². The standard InChI is InChI=1S/C8H5BrClF3N2/c9-5-1-3-6(4-2-5)14-15-7(10)8(11,12)13/h1-4,14H.